The number of anilines is 1. The number of aliphatic carboxylic acids is 1. The van der Waals surface area contributed by atoms with E-state index in [9.17, 15) is 14.0 Å². The molecule has 0 fully saturated rings. The molecule has 0 aromatic heterocycles. The lowest BCUT2D eigenvalue weighted by Gasteiger charge is -2.13. The Balaban J connectivity index is 2.90. The van der Waals surface area contributed by atoms with Crippen LogP contribution < -0.4 is 11.1 Å². The molecule has 0 saturated carbocycles. The Hall–Kier alpha value is -2.11. The summed E-state index contributed by atoms with van der Waals surface area (Å²) in [6.07, 6.45) is 0.232. The molecule has 1 unspecified atom stereocenters. The Morgan fingerprint density at radius 1 is 1.53 bits per heavy atom. The molecule has 92 valence electrons. The fourth-order valence-electron chi connectivity index (χ4n) is 1.31. The van der Waals surface area contributed by atoms with Crippen LogP contribution in [0, 0.1) is 5.82 Å². The van der Waals surface area contributed by atoms with Crippen LogP contribution in [0.2, 0.25) is 0 Å². The van der Waals surface area contributed by atoms with Gasteiger partial charge in [-0.3, -0.25) is 4.79 Å². The Labute approximate surface area is 97.4 Å². The normalized spacial score (nSPS) is 11.9. The first kappa shape index (κ1) is 13.0. The summed E-state index contributed by atoms with van der Waals surface area (Å²) in [5.74, 6) is -2.55. The Kier molecular flexibility index (Phi) is 4.03. The first-order chi connectivity index (χ1) is 7.97. The summed E-state index contributed by atoms with van der Waals surface area (Å²) in [5.41, 5.74) is 5.04. The van der Waals surface area contributed by atoms with Crippen molar-refractivity contribution in [3.8, 4) is 0 Å². The van der Waals surface area contributed by atoms with Crippen molar-refractivity contribution < 1.29 is 19.1 Å². The van der Waals surface area contributed by atoms with Crippen molar-refractivity contribution in [3.63, 3.8) is 0 Å². The molecule has 17 heavy (non-hydrogen) atoms. The number of nitrogens with two attached hydrogens (primary N) is 1. The maximum absolute atomic E-state index is 13.1. The highest BCUT2D eigenvalue weighted by molar-refractivity contribution is 6.00. The quantitative estimate of drug-likeness (QED) is 0.684. The van der Waals surface area contributed by atoms with E-state index < -0.39 is 23.7 Å². The Bertz CT molecular complexity index is 448. The third kappa shape index (κ3) is 2.93. The van der Waals surface area contributed by atoms with Crippen LogP contribution in [-0.4, -0.2) is 23.0 Å². The van der Waals surface area contributed by atoms with E-state index in [-0.39, 0.29) is 17.7 Å². The Morgan fingerprint density at radius 2 is 2.18 bits per heavy atom. The number of benzene rings is 1. The summed E-state index contributed by atoms with van der Waals surface area (Å²) >= 11 is 0. The zero-order chi connectivity index (χ0) is 13.0. The van der Waals surface area contributed by atoms with Gasteiger partial charge in [-0.2, -0.15) is 0 Å². The zero-order valence-corrected chi connectivity index (χ0v) is 9.24. The van der Waals surface area contributed by atoms with Gasteiger partial charge in [-0.15, -0.1) is 0 Å². The van der Waals surface area contributed by atoms with Gasteiger partial charge in [0.15, 0.2) is 0 Å². The van der Waals surface area contributed by atoms with Gasteiger partial charge in [0.05, 0.1) is 11.3 Å². The smallest absolute Gasteiger partial charge is 0.326 e. The summed E-state index contributed by atoms with van der Waals surface area (Å²) < 4.78 is 13.1. The van der Waals surface area contributed by atoms with Crippen LogP contribution in [0.15, 0.2) is 18.2 Å². The SMILES string of the molecule is CCC(NC(=O)c1cccc(F)c1N)C(=O)O. The fraction of sp³-hybridized carbons (Fsp3) is 0.273. The summed E-state index contributed by atoms with van der Waals surface area (Å²) in [6.45, 7) is 1.62. The van der Waals surface area contributed by atoms with Crippen molar-refractivity contribution in [1.29, 1.82) is 0 Å². The second-order valence-electron chi connectivity index (χ2n) is 3.47. The maximum atomic E-state index is 13.1. The number of carbonyl (C=O) groups excluding carboxylic acids is 1. The monoisotopic (exact) mass is 240 g/mol. The minimum absolute atomic E-state index is 0.0651. The van der Waals surface area contributed by atoms with Gasteiger partial charge in [0.25, 0.3) is 5.91 Å². The standard InChI is InChI=1S/C11H13FN2O3/c1-2-8(11(16)17)14-10(15)6-4-3-5-7(12)9(6)13/h3-5,8H,2,13H2,1H3,(H,14,15)(H,16,17). The summed E-state index contributed by atoms with van der Waals surface area (Å²) in [6, 6.07) is 2.79. The molecule has 5 nitrogen and oxygen atoms in total. The van der Waals surface area contributed by atoms with Gasteiger partial charge in [0.2, 0.25) is 0 Å². The van der Waals surface area contributed by atoms with E-state index in [1.54, 1.807) is 6.92 Å². The van der Waals surface area contributed by atoms with E-state index in [0.29, 0.717) is 0 Å². The number of nitrogens with one attached hydrogen (secondary N) is 1. The lowest BCUT2D eigenvalue weighted by Crippen LogP contribution is -2.40. The van der Waals surface area contributed by atoms with Crippen molar-refractivity contribution in [3.05, 3.63) is 29.6 Å². The molecule has 6 heteroatoms. The molecule has 0 bridgehead atoms. The number of amides is 1. The first-order valence-electron chi connectivity index (χ1n) is 5.05. The first-order valence-corrected chi connectivity index (χ1v) is 5.05. The number of hydrogen-bond acceptors (Lipinski definition) is 3. The van der Waals surface area contributed by atoms with Crippen molar-refractivity contribution in [1.82, 2.24) is 5.32 Å². The minimum atomic E-state index is -1.14. The topological polar surface area (TPSA) is 92.4 Å². The van der Waals surface area contributed by atoms with Crippen molar-refractivity contribution in [2.45, 2.75) is 19.4 Å². The van der Waals surface area contributed by atoms with Gasteiger partial charge in [-0.25, -0.2) is 9.18 Å². The summed E-state index contributed by atoms with van der Waals surface area (Å²) in [7, 11) is 0. The lowest BCUT2D eigenvalue weighted by molar-refractivity contribution is -0.139. The molecule has 0 aliphatic carbocycles. The number of para-hydroxylation sites is 1. The van der Waals surface area contributed by atoms with Crippen LogP contribution in [0.25, 0.3) is 0 Å². The highest BCUT2D eigenvalue weighted by Crippen LogP contribution is 2.15. The lowest BCUT2D eigenvalue weighted by atomic mass is 10.1. The van der Waals surface area contributed by atoms with E-state index in [2.05, 4.69) is 5.32 Å². The van der Waals surface area contributed by atoms with Gasteiger partial charge < -0.3 is 16.2 Å². The van der Waals surface area contributed by atoms with Gasteiger partial charge in [0.1, 0.15) is 11.9 Å². The number of carboxylic acid groups (broad SMARTS) is 1. The fourth-order valence-corrected chi connectivity index (χ4v) is 1.31. The third-order valence-electron chi connectivity index (χ3n) is 2.31. The van der Waals surface area contributed by atoms with Crippen LogP contribution in [0.1, 0.15) is 23.7 Å². The van der Waals surface area contributed by atoms with E-state index in [4.69, 9.17) is 10.8 Å². The largest absolute Gasteiger partial charge is 0.480 e. The predicted octanol–water partition coefficient (Wildman–Crippen LogP) is 1.00. The molecule has 0 saturated heterocycles. The third-order valence-corrected chi connectivity index (χ3v) is 2.31. The zero-order valence-electron chi connectivity index (χ0n) is 9.24. The number of nitrogen functional groups attached to an aromatic ring is 1. The predicted molar refractivity (Wildman–Crippen MR) is 60.0 cm³/mol. The van der Waals surface area contributed by atoms with E-state index in [1.165, 1.54) is 12.1 Å². The second kappa shape index (κ2) is 5.29. The van der Waals surface area contributed by atoms with Gasteiger partial charge in [-0.05, 0) is 18.6 Å². The van der Waals surface area contributed by atoms with Crippen LogP contribution in [0.4, 0.5) is 10.1 Å². The molecule has 1 rings (SSSR count). The van der Waals surface area contributed by atoms with Crippen molar-refractivity contribution in [2.24, 2.45) is 0 Å². The minimum Gasteiger partial charge on any atom is -0.480 e. The number of carbonyl (C=O) groups is 2. The van der Waals surface area contributed by atoms with E-state index in [0.717, 1.165) is 6.07 Å². The molecule has 1 aromatic rings. The maximum Gasteiger partial charge on any atom is 0.326 e. The summed E-state index contributed by atoms with van der Waals surface area (Å²) in [4.78, 5) is 22.4. The van der Waals surface area contributed by atoms with E-state index >= 15 is 0 Å². The molecule has 0 spiro atoms. The molecule has 0 aliphatic heterocycles. The molecule has 0 heterocycles. The number of halogens is 1. The van der Waals surface area contributed by atoms with Crippen LogP contribution in [-0.2, 0) is 4.79 Å². The average molecular weight is 240 g/mol. The molecule has 0 aliphatic rings. The molecule has 1 amide bonds. The Morgan fingerprint density at radius 3 is 2.71 bits per heavy atom. The van der Waals surface area contributed by atoms with E-state index in [1.807, 2.05) is 0 Å². The van der Waals surface area contributed by atoms with Crippen LogP contribution in [0.3, 0.4) is 0 Å². The molecule has 1 aromatic carbocycles. The van der Waals surface area contributed by atoms with Crippen LogP contribution in [0.5, 0.6) is 0 Å². The van der Waals surface area contributed by atoms with Crippen LogP contribution >= 0.6 is 0 Å². The summed E-state index contributed by atoms with van der Waals surface area (Å²) in [5, 5.41) is 11.0. The average Bonchev–Trinajstić information content (AvgIpc) is 2.28. The van der Waals surface area contributed by atoms with Crippen molar-refractivity contribution in [2.75, 3.05) is 5.73 Å². The molecule has 1 atom stereocenters. The molecular weight excluding hydrogens is 227 g/mol. The molecular formula is C11H13FN2O3. The van der Waals surface area contributed by atoms with Gasteiger partial charge in [-0.1, -0.05) is 13.0 Å². The van der Waals surface area contributed by atoms with Crippen molar-refractivity contribution >= 4 is 17.6 Å². The molecule has 4 N–H and O–H groups in total. The highest BCUT2D eigenvalue weighted by atomic mass is 19.1. The second-order valence-corrected chi connectivity index (χ2v) is 3.47. The number of rotatable bonds is 4. The molecule has 0 radical (unpaired) electrons. The highest BCUT2D eigenvalue weighted by Gasteiger charge is 2.20. The van der Waals surface area contributed by atoms with Gasteiger partial charge in [0, 0.05) is 0 Å². The van der Waals surface area contributed by atoms with Gasteiger partial charge >= 0.3 is 5.97 Å². The number of carboxylic acids is 1. The number of hydrogen-bond donors (Lipinski definition) is 3.